The summed E-state index contributed by atoms with van der Waals surface area (Å²) < 4.78 is 5.54. The summed E-state index contributed by atoms with van der Waals surface area (Å²) in [5, 5.41) is 5.38. The SMILES string of the molecule is C[C@H]1CC[C@H](C(NC(=O)c2ccc3c(c2)CCC(=O)N3)C(=O)N2C[C@H](Cl)[C@H]3OCC(=O)[C@H]32)CC1. The molecule has 0 aromatic heterocycles. The van der Waals surface area contributed by atoms with Crippen LogP contribution in [0.1, 0.15) is 54.9 Å². The highest BCUT2D eigenvalue weighted by molar-refractivity contribution is 6.22. The highest BCUT2D eigenvalue weighted by atomic mass is 35.5. The van der Waals surface area contributed by atoms with Crippen molar-refractivity contribution in [3.63, 3.8) is 0 Å². The fraction of sp³-hybridized carbons (Fsp3) is 0.600. The fourth-order valence-corrected chi connectivity index (χ4v) is 6.11. The molecule has 4 aliphatic rings. The zero-order chi connectivity index (χ0) is 24.0. The van der Waals surface area contributed by atoms with E-state index in [1.807, 2.05) is 0 Å². The Morgan fingerprint density at radius 3 is 2.71 bits per heavy atom. The van der Waals surface area contributed by atoms with Gasteiger partial charge in [-0.15, -0.1) is 11.6 Å². The van der Waals surface area contributed by atoms with Crippen LogP contribution in [0.25, 0.3) is 0 Å². The second-order valence-electron chi connectivity index (χ2n) is 10.1. The summed E-state index contributed by atoms with van der Waals surface area (Å²) in [5.74, 6) is -0.171. The number of amides is 3. The summed E-state index contributed by atoms with van der Waals surface area (Å²) in [5.41, 5.74) is 2.08. The van der Waals surface area contributed by atoms with Crippen LogP contribution in [0.15, 0.2) is 18.2 Å². The molecule has 0 bridgehead atoms. The average molecular weight is 488 g/mol. The van der Waals surface area contributed by atoms with E-state index in [9.17, 15) is 19.2 Å². The Balaban J connectivity index is 1.38. The minimum atomic E-state index is -0.730. The molecule has 2 saturated heterocycles. The average Bonchev–Trinajstić information content (AvgIpc) is 3.37. The van der Waals surface area contributed by atoms with Gasteiger partial charge in [-0.25, -0.2) is 0 Å². The lowest BCUT2D eigenvalue weighted by Crippen LogP contribution is -2.55. The molecule has 2 N–H and O–H groups in total. The normalized spacial score (nSPS) is 31.5. The summed E-state index contributed by atoms with van der Waals surface area (Å²) in [6, 6.07) is 3.78. The van der Waals surface area contributed by atoms with Crippen LogP contribution in [0.5, 0.6) is 0 Å². The van der Waals surface area contributed by atoms with Crippen LogP contribution < -0.4 is 10.6 Å². The molecule has 182 valence electrons. The minimum Gasteiger partial charge on any atom is -0.366 e. The Labute approximate surface area is 203 Å². The molecule has 0 spiro atoms. The third-order valence-corrected chi connectivity index (χ3v) is 8.14. The van der Waals surface area contributed by atoms with E-state index in [1.165, 1.54) is 4.90 Å². The molecule has 1 aliphatic carbocycles. The van der Waals surface area contributed by atoms with Crippen molar-refractivity contribution in [3.8, 4) is 0 Å². The van der Waals surface area contributed by atoms with Crippen molar-refractivity contribution in [2.75, 3.05) is 18.5 Å². The Morgan fingerprint density at radius 1 is 1.18 bits per heavy atom. The van der Waals surface area contributed by atoms with Gasteiger partial charge >= 0.3 is 0 Å². The van der Waals surface area contributed by atoms with Gasteiger partial charge < -0.3 is 20.3 Å². The van der Waals surface area contributed by atoms with Crippen molar-refractivity contribution in [2.45, 2.75) is 69.0 Å². The van der Waals surface area contributed by atoms with E-state index >= 15 is 0 Å². The molecule has 8 nitrogen and oxygen atoms in total. The quantitative estimate of drug-likeness (QED) is 0.634. The van der Waals surface area contributed by atoms with Gasteiger partial charge in [0.25, 0.3) is 5.91 Å². The van der Waals surface area contributed by atoms with Crippen LogP contribution in [0, 0.1) is 11.8 Å². The van der Waals surface area contributed by atoms with E-state index in [4.69, 9.17) is 16.3 Å². The fourth-order valence-electron chi connectivity index (χ4n) is 5.75. The van der Waals surface area contributed by atoms with Gasteiger partial charge in [-0.1, -0.05) is 19.8 Å². The number of hydrogen-bond donors (Lipinski definition) is 2. The maximum atomic E-state index is 13.8. The van der Waals surface area contributed by atoms with E-state index < -0.39 is 23.6 Å². The molecule has 1 aromatic rings. The van der Waals surface area contributed by atoms with E-state index in [0.717, 1.165) is 36.9 Å². The van der Waals surface area contributed by atoms with Crippen molar-refractivity contribution < 1.29 is 23.9 Å². The van der Waals surface area contributed by atoms with E-state index in [-0.39, 0.29) is 42.6 Å². The van der Waals surface area contributed by atoms with Crippen LogP contribution in [-0.4, -0.2) is 65.1 Å². The summed E-state index contributed by atoms with van der Waals surface area (Å²) in [6.07, 6.45) is 4.13. The second-order valence-corrected chi connectivity index (χ2v) is 10.6. The van der Waals surface area contributed by atoms with Crippen molar-refractivity contribution in [1.82, 2.24) is 10.2 Å². The van der Waals surface area contributed by atoms with Gasteiger partial charge in [0.05, 0.1) is 5.38 Å². The Bertz CT molecular complexity index is 1020. The molecule has 4 atom stereocenters. The van der Waals surface area contributed by atoms with Gasteiger partial charge in [-0.3, -0.25) is 19.2 Å². The first-order valence-electron chi connectivity index (χ1n) is 12.1. The van der Waals surface area contributed by atoms with Crippen molar-refractivity contribution in [2.24, 2.45) is 11.8 Å². The van der Waals surface area contributed by atoms with Crippen molar-refractivity contribution in [3.05, 3.63) is 29.3 Å². The monoisotopic (exact) mass is 487 g/mol. The zero-order valence-electron chi connectivity index (χ0n) is 19.2. The number of Topliss-reactive ketones (excluding diaryl/α,β-unsaturated/α-hetero) is 1. The highest BCUT2D eigenvalue weighted by Crippen LogP contribution is 2.35. The van der Waals surface area contributed by atoms with Crippen LogP contribution in [0.2, 0.25) is 0 Å². The number of ketones is 1. The number of nitrogens with one attached hydrogen (secondary N) is 2. The standard InChI is InChI=1S/C25H30ClN3O5/c1-13-2-4-14(5-3-13)21(25(33)29-11-17(26)23-22(29)19(30)12-34-23)28-24(32)16-6-8-18-15(10-16)7-9-20(31)27-18/h6,8,10,13-14,17,21-23H,2-5,7,9,11-12H2,1H3,(H,27,31)(H,28,32)/t13-,14-,17-,21?,22+,23+/m0/s1. The van der Waals surface area contributed by atoms with Gasteiger partial charge in [0, 0.05) is 24.2 Å². The smallest absolute Gasteiger partial charge is 0.251 e. The molecule has 3 amide bonds. The van der Waals surface area contributed by atoms with E-state index in [1.54, 1.807) is 18.2 Å². The lowest BCUT2D eigenvalue weighted by molar-refractivity contribution is -0.139. The van der Waals surface area contributed by atoms with Gasteiger partial charge in [0.15, 0.2) is 5.78 Å². The number of fused-ring (bicyclic) bond motifs is 2. The number of hydrogen-bond acceptors (Lipinski definition) is 5. The number of aryl methyl sites for hydroxylation is 1. The maximum Gasteiger partial charge on any atom is 0.251 e. The molecule has 5 rings (SSSR count). The number of likely N-dealkylation sites (tertiary alicyclic amines) is 1. The number of ether oxygens (including phenoxy) is 1. The molecule has 34 heavy (non-hydrogen) atoms. The van der Waals surface area contributed by atoms with E-state index in [0.29, 0.717) is 24.3 Å². The van der Waals surface area contributed by atoms with Gasteiger partial charge in [-0.2, -0.15) is 0 Å². The lowest BCUT2D eigenvalue weighted by atomic mass is 9.78. The molecule has 3 heterocycles. The van der Waals surface area contributed by atoms with E-state index in [2.05, 4.69) is 17.6 Å². The van der Waals surface area contributed by atoms with Crippen LogP contribution in [0.4, 0.5) is 5.69 Å². The Morgan fingerprint density at radius 2 is 1.94 bits per heavy atom. The molecule has 9 heteroatoms. The molecule has 1 saturated carbocycles. The Hall–Kier alpha value is -2.45. The number of carbonyl (C=O) groups excluding carboxylic acids is 4. The van der Waals surface area contributed by atoms with Gasteiger partial charge in [-0.05, 0) is 54.9 Å². The van der Waals surface area contributed by atoms with Crippen molar-refractivity contribution in [1.29, 1.82) is 0 Å². The van der Waals surface area contributed by atoms with Gasteiger partial charge in [0.2, 0.25) is 11.8 Å². The number of benzene rings is 1. The first-order valence-corrected chi connectivity index (χ1v) is 12.6. The van der Waals surface area contributed by atoms with Gasteiger partial charge in [0.1, 0.15) is 24.8 Å². The zero-order valence-corrected chi connectivity index (χ0v) is 20.0. The maximum absolute atomic E-state index is 13.8. The number of nitrogens with zero attached hydrogens (tertiary/aromatic N) is 1. The number of halogens is 1. The third-order valence-electron chi connectivity index (χ3n) is 7.75. The molecular formula is C25H30ClN3O5. The molecule has 1 aromatic carbocycles. The first-order chi connectivity index (χ1) is 16.3. The minimum absolute atomic E-state index is 0.00480. The predicted molar refractivity (Wildman–Crippen MR) is 126 cm³/mol. The topological polar surface area (TPSA) is 105 Å². The summed E-state index contributed by atoms with van der Waals surface area (Å²) in [7, 11) is 0. The molecule has 3 aliphatic heterocycles. The van der Waals surface area contributed by atoms with Crippen LogP contribution in [0.3, 0.4) is 0 Å². The summed E-state index contributed by atoms with van der Waals surface area (Å²) >= 11 is 6.42. The van der Waals surface area contributed by atoms with Crippen molar-refractivity contribution >= 4 is 40.8 Å². The predicted octanol–water partition coefficient (Wildman–Crippen LogP) is 2.28. The summed E-state index contributed by atoms with van der Waals surface area (Å²) in [4.78, 5) is 52.7. The lowest BCUT2D eigenvalue weighted by Gasteiger charge is -2.35. The number of anilines is 1. The number of carbonyl (C=O) groups is 4. The molecular weight excluding hydrogens is 458 g/mol. The molecule has 1 unspecified atom stereocenters. The largest absolute Gasteiger partial charge is 0.366 e. The molecule has 3 fully saturated rings. The second kappa shape index (κ2) is 9.30. The third kappa shape index (κ3) is 4.33. The highest BCUT2D eigenvalue weighted by Gasteiger charge is 2.53. The van der Waals surface area contributed by atoms with Crippen LogP contribution in [-0.2, 0) is 25.5 Å². The summed E-state index contributed by atoms with van der Waals surface area (Å²) in [6.45, 7) is 2.40. The first kappa shape index (κ1) is 23.3. The number of alkyl halides is 1. The number of rotatable bonds is 4. The van der Waals surface area contributed by atoms with Crippen LogP contribution >= 0.6 is 11.6 Å². The molecule has 0 radical (unpaired) electrons. The Kier molecular flexibility index (Phi) is 6.37.